The molecule has 2 aliphatic rings. The van der Waals surface area contributed by atoms with Gasteiger partial charge in [-0.05, 0) is 25.7 Å². The first kappa shape index (κ1) is 13.2. The number of nitrogen functional groups attached to an aromatic ring is 1. The van der Waals surface area contributed by atoms with E-state index < -0.39 is 0 Å². The third-order valence-corrected chi connectivity index (χ3v) is 5.46. The number of aromatic nitrogens is 2. The molecule has 1 saturated carbocycles. The molecular formula is C14H21N3OS. The number of hydrogen-bond donors (Lipinski definition) is 1. The van der Waals surface area contributed by atoms with Gasteiger partial charge in [0.2, 0.25) is 0 Å². The van der Waals surface area contributed by atoms with Gasteiger partial charge in [0, 0.05) is 24.3 Å². The maximum absolute atomic E-state index is 6.12. The first-order valence-electron chi connectivity index (χ1n) is 7.15. The average Bonchev–Trinajstić information content (AvgIpc) is 2.42. The van der Waals surface area contributed by atoms with Crippen LogP contribution in [0.15, 0.2) is 17.4 Å². The van der Waals surface area contributed by atoms with Crippen molar-refractivity contribution in [2.45, 2.75) is 60.8 Å². The molecule has 1 spiro atoms. The number of nitrogens with zero attached hydrogens (tertiary/aromatic N) is 2. The van der Waals surface area contributed by atoms with Crippen molar-refractivity contribution in [3.05, 3.63) is 12.4 Å². The minimum absolute atomic E-state index is 0.144. The van der Waals surface area contributed by atoms with Crippen molar-refractivity contribution in [1.29, 1.82) is 0 Å². The molecule has 2 N–H and O–H groups in total. The van der Waals surface area contributed by atoms with Crippen molar-refractivity contribution >= 4 is 17.6 Å². The second kappa shape index (κ2) is 5.67. The molecule has 2 fully saturated rings. The van der Waals surface area contributed by atoms with Crippen LogP contribution in [-0.4, -0.2) is 27.4 Å². The van der Waals surface area contributed by atoms with Crippen LogP contribution in [0.25, 0.3) is 0 Å². The van der Waals surface area contributed by atoms with E-state index >= 15 is 0 Å². The molecule has 1 aliphatic carbocycles. The van der Waals surface area contributed by atoms with Gasteiger partial charge in [0.15, 0.2) is 5.82 Å². The van der Waals surface area contributed by atoms with Crippen LogP contribution in [0.2, 0.25) is 0 Å². The van der Waals surface area contributed by atoms with Gasteiger partial charge in [-0.25, -0.2) is 9.97 Å². The molecule has 4 nitrogen and oxygen atoms in total. The van der Waals surface area contributed by atoms with E-state index in [0.29, 0.717) is 11.1 Å². The van der Waals surface area contributed by atoms with Crippen molar-refractivity contribution < 1.29 is 4.74 Å². The maximum atomic E-state index is 6.12. The Labute approximate surface area is 118 Å². The Morgan fingerprint density at radius 2 is 2.00 bits per heavy atom. The van der Waals surface area contributed by atoms with Gasteiger partial charge in [-0.1, -0.05) is 31.0 Å². The highest BCUT2D eigenvalue weighted by atomic mass is 32.2. The second-order valence-electron chi connectivity index (χ2n) is 5.57. The summed E-state index contributed by atoms with van der Waals surface area (Å²) in [6.45, 7) is 0.873. The Morgan fingerprint density at radius 1 is 1.21 bits per heavy atom. The van der Waals surface area contributed by atoms with Crippen molar-refractivity contribution in [2.24, 2.45) is 0 Å². The van der Waals surface area contributed by atoms with Gasteiger partial charge in [0.05, 0.1) is 5.60 Å². The fourth-order valence-electron chi connectivity index (χ4n) is 3.21. The summed E-state index contributed by atoms with van der Waals surface area (Å²) < 4.78 is 6.12. The zero-order valence-electron chi connectivity index (χ0n) is 11.2. The van der Waals surface area contributed by atoms with Crippen LogP contribution in [0.5, 0.6) is 0 Å². The van der Waals surface area contributed by atoms with E-state index in [1.54, 1.807) is 24.2 Å². The predicted molar refractivity (Wildman–Crippen MR) is 77.1 cm³/mol. The molecule has 104 valence electrons. The zero-order chi connectivity index (χ0) is 13.1. The van der Waals surface area contributed by atoms with Crippen LogP contribution in [0.4, 0.5) is 5.82 Å². The van der Waals surface area contributed by atoms with Gasteiger partial charge in [-0.3, -0.25) is 0 Å². The molecule has 5 heteroatoms. The maximum Gasteiger partial charge on any atom is 0.156 e. The van der Waals surface area contributed by atoms with Gasteiger partial charge in [-0.2, -0.15) is 0 Å². The first-order valence-corrected chi connectivity index (χ1v) is 8.03. The van der Waals surface area contributed by atoms with Gasteiger partial charge < -0.3 is 10.5 Å². The van der Waals surface area contributed by atoms with Crippen LogP contribution >= 0.6 is 11.8 Å². The van der Waals surface area contributed by atoms with E-state index in [1.165, 1.54) is 32.1 Å². The van der Waals surface area contributed by atoms with Crippen LogP contribution < -0.4 is 5.73 Å². The summed E-state index contributed by atoms with van der Waals surface area (Å²) in [5, 5.41) is 1.44. The van der Waals surface area contributed by atoms with E-state index in [2.05, 4.69) is 9.97 Å². The summed E-state index contributed by atoms with van der Waals surface area (Å²) in [7, 11) is 0. The third kappa shape index (κ3) is 3.03. The summed E-state index contributed by atoms with van der Waals surface area (Å²) in [6.07, 6.45) is 12.0. The molecular weight excluding hydrogens is 258 g/mol. The minimum Gasteiger partial charge on any atom is -0.381 e. The lowest BCUT2D eigenvalue weighted by molar-refractivity contribution is -0.0971. The third-order valence-electron chi connectivity index (χ3n) is 4.18. The molecule has 1 aliphatic heterocycles. The molecule has 19 heavy (non-hydrogen) atoms. The Bertz CT molecular complexity index is 429. The summed E-state index contributed by atoms with van der Waals surface area (Å²) in [6, 6.07) is 0. The van der Waals surface area contributed by atoms with E-state index in [9.17, 15) is 0 Å². The largest absolute Gasteiger partial charge is 0.381 e. The molecule has 2 heterocycles. The lowest BCUT2D eigenvalue weighted by Gasteiger charge is -2.43. The second-order valence-corrected chi connectivity index (χ2v) is 6.86. The molecule has 0 amide bonds. The fourth-order valence-corrected chi connectivity index (χ4v) is 4.42. The van der Waals surface area contributed by atoms with E-state index in [-0.39, 0.29) is 5.60 Å². The van der Waals surface area contributed by atoms with E-state index in [4.69, 9.17) is 10.5 Å². The number of thioether (sulfide) groups is 1. The Hall–Kier alpha value is -0.810. The Morgan fingerprint density at radius 3 is 2.79 bits per heavy atom. The number of rotatable bonds is 2. The molecule has 0 radical (unpaired) electrons. The molecule has 1 saturated heterocycles. The molecule has 0 bridgehead atoms. The van der Waals surface area contributed by atoms with E-state index in [1.807, 2.05) is 0 Å². The Kier molecular flexibility index (Phi) is 3.93. The van der Waals surface area contributed by atoms with Crippen molar-refractivity contribution in [3.63, 3.8) is 0 Å². The van der Waals surface area contributed by atoms with Gasteiger partial charge in [-0.15, -0.1) is 0 Å². The van der Waals surface area contributed by atoms with Gasteiger partial charge >= 0.3 is 0 Å². The van der Waals surface area contributed by atoms with E-state index in [0.717, 1.165) is 24.5 Å². The van der Waals surface area contributed by atoms with Gasteiger partial charge in [0.25, 0.3) is 0 Å². The monoisotopic (exact) mass is 279 g/mol. The SMILES string of the molecule is Nc1nccnc1SC1CCOC2(CCCCC2)C1. The van der Waals surface area contributed by atoms with Crippen molar-refractivity contribution in [1.82, 2.24) is 9.97 Å². The molecule has 3 rings (SSSR count). The molecule has 1 aromatic rings. The standard InChI is InChI=1S/C14H21N3OS/c15-12-13(17-8-7-16-12)19-11-4-9-18-14(10-11)5-2-1-3-6-14/h7-8,11H,1-6,9-10H2,(H2,15,16). The van der Waals surface area contributed by atoms with Gasteiger partial charge in [0.1, 0.15) is 5.03 Å². The highest BCUT2D eigenvalue weighted by Crippen LogP contribution is 2.43. The molecule has 1 unspecified atom stereocenters. The van der Waals surface area contributed by atoms with Crippen LogP contribution in [0.1, 0.15) is 44.9 Å². The molecule has 1 atom stereocenters. The smallest absolute Gasteiger partial charge is 0.156 e. The number of anilines is 1. The lowest BCUT2D eigenvalue weighted by Crippen LogP contribution is -2.42. The number of hydrogen-bond acceptors (Lipinski definition) is 5. The summed E-state index contributed by atoms with van der Waals surface area (Å²) >= 11 is 1.78. The normalized spacial score (nSPS) is 26.4. The Balaban J connectivity index is 1.67. The highest BCUT2D eigenvalue weighted by molar-refractivity contribution is 8.00. The topological polar surface area (TPSA) is 61.0 Å². The first-order chi connectivity index (χ1) is 9.27. The average molecular weight is 279 g/mol. The van der Waals surface area contributed by atoms with Crippen LogP contribution in [0.3, 0.4) is 0 Å². The minimum atomic E-state index is 0.144. The fraction of sp³-hybridized carbons (Fsp3) is 0.714. The predicted octanol–water partition coefficient (Wildman–Crippen LogP) is 3.03. The quantitative estimate of drug-likeness (QED) is 0.901. The summed E-state index contributed by atoms with van der Waals surface area (Å²) in [5.74, 6) is 0.552. The van der Waals surface area contributed by atoms with Crippen LogP contribution in [-0.2, 0) is 4.74 Å². The number of ether oxygens (including phenoxy) is 1. The lowest BCUT2D eigenvalue weighted by atomic mass is 9.80. The van der Waals surface area contributed by atoms with Crippen molar-refractivity contribution in [3.8, 4) is 0 Å². The zero-order valence-corrected chi connectivity index (χ0v) is 12.0. The molecule has 0 aromatic carbocycles. The summed E-state index contributed by atoms with van der Waals surface area (Å²) in [5.41, 5.74) is 6.03. The molecule has 1 aromatic heterocycles. The number of nitrogens with two attached hydrogens (primary N) is 1. The highest BCUT2D eigenvalue weighted by Gasteiger charge is 2.38. The summed E-state index contributed by atoms with van der Waals surface area (Å²) in [4.78, 5) is 8.45. The van der Waals surface area contributed by atoms with Crippen LogP contribution in [0, 0.1) is 0 Å². The van der Waals surface area contributed by atoms with Crippen molar-refractivity contribution in [2.75, 3.05) is 12.3 Å².